The molecule has 0 aliphatic carbocycles. The lowest BCUT2D eigenvalue weighted by atomic mass is 10.1. The molecule has 1 N–H and O–H groups in total. The highest BCUT2D eigenvalue weighted by atomic mass is 16.3. The number of rotatable bonds is 5. The van der Waals surface area contributed by atoms with Crippen LogP contribution >= 0.6 is 0 Å². The summed E-state index contributed by atoms with van der Waals surface area (Å²) in [6.07, 6.45) is 1.70. The van der Waals surface area contributed by atoms with Gasteiger partial charge in [0.05, 0.1) is 18.0 Å². The first-order valence-electron chi connectivity index (χ1n) is 7.49. The van der Waals surface area contributed by atoms with Crippen LogP contribution in [0.2, 0.25) is 0 Å². The Hall–Kier alpha value is -2.46. The third-order valence-electron chi connectivity index (χ3n) is 3.80. The van der Waals surface area contributed by atoms with Gasteiger partial charge in [0, 0.05) is 6.42 Å². The van der Waals surface area contributed by atoms with Crippen LogP contribution in [0.3, 0.4) is 0 Å². The molecule has 3 aromatic rings. The van der Waals surface area contributed by atoms with Gasteiger partial charge in [0.1, 0.15) is 5.69 Å². The fourth-order valence-electron chi connectivity index (χ4n) is 2.50. The summed E-state index contributed by atoms with van der Waals surface area (Å²) in [6.45, 7) is 2.03. The molecule has 0 saturated carbocycles. The summed E-state index contributed by atoms with van der Waals surface area (Å²) in [6, 6.07) is 18.4. The Balaban J connectivity index is 1.99. The lowest BCUT2D eigenvalue weighted by Gasteiger charge is -2.08. The highest BCUT2D eigenvalue weighted by molar-refractivity contribution is 5.37. The molecule has 0 fully saturated rings. The van der Waals surface area contributed by atoms with E-state index in [9.17, 15) is 5.11 Å². The minimum atomic E-state index is -0.102. The van der Waals surface area contributed by atoms with Gasteiger partial charge in [-0.15, -0.1) is 5.10 Å². The van der Waals surface area contributed by atoms with Gasteiger partial charge in [-0.1, -0.05) is 54.6 Å². The second-order valence-electron chi connectivity index (χ2n) is 5.24. The number of aliphatic hydroxyl groups is 1. The van der Waals surface area contributed by atoms with Crippen molar-refractivity contribution in [1.29, 1.82) is 0 Å². The van der Waals surface area contributed by atoms with Crippen LogP contribution in [-0.4, -0.2) is 20.1 Å². The smallest absolute Gasteiger partial charge is 0.112 e. The molecule has 3 rings (SSSR count). The second-order valence-corrected chi connectivity index (χ2v) is 5.24. The molecule has 2 aromatic carbocycles. The van der Waals surface area contributed by atoms with Crippen molar-refractivity contribution < 1.29 is 5.11 Å². The summed E-state index contributed by atoms with van der Waals surface area (Å²) in [5, 5.41) is 17.9. The van der Waals surface area contributed by atoms with Gasteiger partial charge in [0.2, 0.25) is 0 Å². The molecule has 22 heavy (non-hydrogen) atoms. The first-order valence-corrected chi connectivity index (χ1v) is 7.49. The van der Waals surface area contributed by atoms with Crippen LogP contribution in [0, 0.1) is 0 Å². The average Bonchev–Trinajstić information content (AvgIpc) is 2.98. The summed E-state index contributed by atoms with van der Waals surface area (Å²) >= 11 is 0. The molecule has 0 spiro atoms. The van der Waals surface area contributed by atoms with Crippen LogP contribution in [0.4, 0.5) is 0 Å². The maximum atomic E-state index is 9.52. The van der Waals surface area contributed by atoms with E-state index in [4.69, 9.17) is 0 Å². The van der Waals surface area contributed by atoms with Gasteiger partial charge in [0.25, 0.3) is 0 Å². The fourth-order valence-corrected chi connectivity index (χ4v) is 2.50. The molecule has 112 valence electrons. The van der Waals surface area contributed by atoms with E-state index in [1.165, 1.54) is 11.1 Å². The number of aromatic nitrogens is 3. The van der Waals surface area contributed by atoms with Crippen LogP contribution in [0.5, 0.6) is 0 Å². The third-order valence-corrected chi connectivity index (χ3v) is 3.80. The van der Waals surface area contributed by atoms with E-state index in [1.54, 1.807) is 0 Å². The standard InChI is InChI=1S/C18H19N3O/c1-2-14-8-10-16(11-9-14)21-18(17(13-22)19-20-21)12-15-6-4-3-5-7-15/h3-11,22H,2,12-13H2,1H3. The number of nitrogens with zero attached hydrogens (tertiary/aromatic N) is 3. The first kappa shape index (κ1) is 14.5. The van der Waals surface area contributed by atoms with Gasteiger partial charge >= 0.3 is 0 Å². The minimum absolute atomic E-state index is 0.102. The lowest BCUT2D eigenvalue weighted by Crippen LogP contribution is -2.05. The van der Waals surface area contributed by atoms with Gasteiger partial charge in [0.15, 0.2) is 0 Å². The van der Waals surface area contributed by atoms with Crippen LogP contribution in [0.15, 0.2) is 54.6 Å². The SMILES string of the molecule is CCc1ccc(-n2nnc(CO)c2Cc2ccccc2)cc1. The Morgan fingerprint density at radius 2 is 1.68 bits per heavy atom. The lowest BCUT2D eigenvalue weighted by molar-refractivity contribution is 0.275. The molecule has 0 aliphatic rings. The number of aliphatic hydroxyl groups excluding tert-OH is 1. The Morgan fingerprint density at radius 1 is 0.955 bits per heavy atom. The highest BCUT2D eigenvalue weighted by Gasteiger charge is 2.14. The zero-order valence-electron chi connectivity index (χ0n) is 12.6. The van der Waals surface area contributed by atoms with E-state index in [0.717, 1.165) is 17.8 Å². The molecule has 0 atom stereocenters. The molecular formula is C18H19N3O. The van der Waals surface area contributed by atoms with Crippen molar-refractivity contribution in [2.24, 2.45) is 0 Å². The van der Waals surface area contributed by atoms with Crippen LogP contribution < -0.4 is 0 Å². The van der Waals surface area contributed by atoms with Crippen molar-refractivity contribution in [1.82, 2.24) is 15.0 Å². The van der Waals surface area contributed by atoms with Gasteiger partial charge < -0.3 is 5.11 Å². The zero-order valence-corrected chi connectivity index (χ0v) is 12.6. The summed E-state index contributed by atoms with van der Waals surface area (Å²) in [5.41, 5.74) is 4.98. The second kappa shape index (κ2) is 6.54. The third kappa shape index (κ3) is 2.92. The molecule has 0 radical (unpaired) electrons. The normalized spacial score (nSPS) is 10.8. The highest BCUT2D eigenvalue weighted by Crippen LogP contribution is 2.18. The van der Waals surface area contributed by atoms with Gasteiger partial charge in [-0.2, -0.15) is 0 Å². The number of hydrogen-bond donors (Lipinski definition) is 1. The average molecular weight is 293 g/mol. The number of hydrogen-bond acceptors (Lipinski definition) is 3. The molecule has 0 amide bonds. The van der Waals surface area contributed by atoms with Crippen LogP contribution in [-0.2, 0) is 19.4 Å². The van der Waals surface area contributed by atoms with E-state index >= 15 is 0 Å². The topological polar surface area (TPSA) is 50.9 Å². The Labute approximate surface area is 130 Å². The molecule has 0 aliphatic heterocycles. The fraction of sp³-hybridized carbons (Fsp3) is 0.222. The summed E-state index contributed by atoms with van der Waals surface area (Å²) < 4.78 is 1.82. The zero-order chi connectivity index (χ0) is 15.4. The largest absolute Gasteiger partial charge is 0.390 e. The number of benzene rings is 2. The summed E-state index contributed by atoms with van der Waals surface area (Å²) in [5.74, 6) is 0. The van der Waals surface area contributed by atoms with Crippen molar-refractivity contribution in [3.05, 3.63) is 77.1 Å². The molecule has 1 heterocycles. The van der Waals surface area contributed by atoms with Gasteiger partial charge in [-0.3, -0.25) is 0 Å². The molecule has 4 heteroatoms. The van der Waals surface area contributed by atoms with Crippen molar-refractivity contribution in [3.63, 3.8) is 0 Å². The predicted molar refractivity (Wildman–Crippen MR) is 85.9 cm³/mol. The van der Waals surface area contributed by atoms with Crippen molar-refractivity contribution in [3.8, 4) is 5.69 Å². The monoisotopic (exact) mass is 293 g/mol. The first-order chi connectivity index (χ1) is 10.8. The Morgan fingerprint density at radius 3 is 2.32 bits per heavy atom. The van der Waals surface area contributed by atoms with Crippen molar-refractivity contribution in [2.75, 3.05) is 0 Å². The van der Waals surface area contributed by atoms with E-state index in [2.05, 4.69) is 41.5 Å². The number of aryl methyl sites for hydroxylation is 1. The maximum Gasteiger partial charge on any atom is 0.112 e. The van der Waals surface area contributed by atoms with E-state index in [-0.39, 0.29) is 6.61 Å². The summed E-state index contributed by atoms with van der Waals surface area (Å²) in [7, 11) is 0. The minimum Gasteiger partial charge on any atom is -0.390 e. The van der Waals surface area contributed by atoms with E-state index in [0.29, 0.717) is 12.1 Å². The van der Waals surface area contributed by atoms with Crippen LogP contribution in [0.1, 0.15) is 29.4 Å². The van der Waals surface area contributed by atoms with Gasteiger partial charge in [-0.05, 0) is 29.7 Å². The quantitative estimate of drug-likeness (QED) is 0.787. The molecule has 4 nitrogen and oxygen atoms in total. The molecule has 0 saturated heterocycles. The molecule has 0 unspecified atom stereocenters. The van der Waals surface area contributed by atoms with Gasteiger partial charge in [-0.25, -0.2) is 4.68 Å². The van der Waals surface area contributed by atoms with E-state index < -0.39 is 0 Å². The van der Waals surface area contributed by atoms with Crippen LogP contribution in [0.25, 0.3) is 5.69 Å². The van der Waals surface area contributed by atoms with Crippen molar-refractivity contribution in [2.45, 2.75) is 26.4 Å². The van der Waals surface area contributed by atoms with E-state index in [1.807, 2.05) is 35.0 Å². The molecule has 1 aromatic heterocycles. The maximum absolute atomic E-state index is 9.52. The Bertz CT molecular complexity index is 733. The Kier molecular flexibility index (Phi) is 4.30. The molecular weight excluding hydrogens is 274 g/mol. The summed E-state index contributed by atoms with van der Waals surface area (Å²) in [4.78, 5) is 0. The predicted octanol–water partition coefficient (Wildman–Crippen LogP) is 2.91. The molecule has 0 bridgehead atoms. The van der Waals surface area contributed by atoms with Crippen molar-refractivity contribution >= 4 is 0 Å².